The molecule has 2 aliphatic heterocycles. The molecule has 9 atom stereocenters. The van der Waals surface area contributed by atoms with E-state index in [0.717, 1.165) is 22.3 Å². The van der Waals surface area contributed by atoms with Crippen molar-refractivity contribution in [1.82, 2.24) is 21.3 Å². The van der Waals surface area contributed by atoms with Crippen molar-refractivity contribution in [3.8, 4) is 34.5 Å². The number of nitrogens with one attached hydrogen (secondary N) is 4. The Morgan fingerprint density at radius 2 is 0.843 bits per heavy atom. The summed E-state index contributed by atoms with van der Waals surface area (Å²) in [5, 5.41) is 23.8. The molecule has 0 radical (unpaired) electrons. The van der Waals surface area contributed by atoms with Crippen molar-refractivity contribution in [2.75, 3.05) is 82.3 Å². The highest BCUT2D eigenvalue weighted by atomic mass is 28.4. The minimum Gasteiger partial charge on any atom is -0.493 e. The van der Waals surface area contributed by atoms with Gasteiger partial charge in [-0.3, -0.25) is 24.0 Å². The number of Topliss-reactive ketones (excluding diaryl/α,β-unsaturated/α-hetero) is 1. The number of aliphatic hydroxyl groups is 1. The van der Waals surface area contributed by atoms with Crippen LogP contribution in [-0.2, 0) is 76.8 Å². The molecule has 102 heavy (non-hydrogen) atoms. The fraction of sp³-hybridized carbons (Fsp3) is 0.776. The molecule has 22 nitrogen and oxygen atoms in total. The smallest absolute Gasteiger partial charge is 0.245 e. The Morgan fingerprint density at radius 1 is 0.490 bits per heavy atom. The van der Waals surface area contributed by atoms with Gasteiger partial charge in [0.2, 0.25) is 35.1 Å². The van der Waals surface area contributed by atoms with Gasteiger partial charge in [-0.2, -0.15) is 0 Å². The third-order valence-electron chi connectivity index (χ3n) is 23.0. The van der Waals surface area contributed by atoms with Gasteiger partial charge in [-0.1, -0.05) is 111 Å². The van der Waals surface area contributed by atoms with E-state index in [9.17, 15) is 29.1 Å². The third kappa shape index (κ3) is 21.8. The molecule has 0 saturated carbocycles. The largest absolute Gasteiger partial charge is 0.493 e. The maximum atomic E-state index is 14.3. The van der Waals surface area contributed by atoms with Crippen molar-refractivity contribution in [3.63, 3.8) is 0 Å². The molecule has 0 aromatic heterocycles. The second-order valence-electron chi connectivity index (χ2n) is 35.7. The van der Waals surface area contributed by atoms with E-state index in [1.807, 2.05) is 26.0 Å². The van der Waals surface area contributed by atoms with E-state index in [4.69, 9.17) is 55.6 Å². The van der Waals surface area contributed by atoms with Gasteiger partial charge in [0.1, 0.15) is 23.8 Å². The second kappa shape index (κ2) is 34.5. The summed E-state index contributed by atoms with van der Waals surface area (Å²) in [5.41, 5.74) is 1.89. The molecule has 4 unspecified atom stereocenters. The molecule has 4 amide bonds. The van der Waals surface area contributed by atoms with Crippen LogP contribution < -0.4 is 49.7 Å². The number of ketones is 1. The summed E-state index contributed by atoms with van der Waals surface area (Å²) in [7, 11) is 0.576. The normalized spacial score (nSPS) is 21.0. The number of epoxide rings is 2. The number of aryl methyl sites for hydroxylation is 2. The van der Waals surface area contributed by atoms with E-state index < -0.39 is 98.4 Å². The maximum absolute atomic E-state index is 14.3. The average molecular weight is 1500 g/mol. The predicted octanol–water partition coefficient (Wildman–Crippen LogP) is 12.2. The maximum Gasteiger partial charge on any atom is 0.245 e. The number of hydrogen-bond acceptors (Lipinski definition) is 18. The summed E-state index contributed by atoms with van der Waals surface area (Å²) in [5.74, 6) is 1.15. The van der Waals surface area contributed by atoms with E-state index >= 15 is 0 Å². The van der Waals surface area contributed by atoms with Gasteiger partial charge in [0.05, 0.1) is 94.4 Å². The lowest BCUT2D eigenvalue weighted by molar-refractivity contribution is -0.135. The molecule has 2 aromatic rings. The van der Waals surface area contributed by atoms with Crippen molar-refractivity contribution in [1.29, 1.82) is 0 Å². The lowest BCUT2D eigenvalue weighted by atomic mass is 9.82. The summed E-state index contributed by atoms with van der Waals surface area (Å²) in [6.07, 6.45) is 3.22. The minimum absolute atomic E-state index is 0.000365. The number of methoxy groups -OCH3 is 6. The average Bonchev–Trinajstić information content (AvgIpc) is 0.786. The Hall–Kier alpha value is -4.62. The molecule has 5 N–H and O–H groups in total. The summed E-state index contributed by atoms with van der Waals surface area (Å²) in [6.45, 7) is 52.0. The molecule has 2 saturated heterocycles. The van der Waals surface area contributed by atoms with Crippen LogP contribution in [0.3, 0.4) is 0 Å². The number of amides is 4. The second-order valence-corrected chi connectivity index (χ2v) is 54.9. The van der Waals surface area contributed by atoms with Crippen LogP contribution in [0.25, 0.3) is 0 Å². The lowest BCUT2D eigenvalue weighted by Gasteiger charge is -2.39. The Bertz CT molecular complexity index is 3190. The molecular formula is C76H134N4O18Si4. The summed E-state index contributed by atoms with van der Waals surface area (Å²) < 4.78 is 71.5. The van der Waals surface area contributed by atoms with Gasteiger partial charge in [-0.05, 0) is 159 Å². The van der Waals surface area contributed by atoms with Crippen molar-refractivity contribution in [3.05, 3.63) is 34.4 Å². The van der Waals surface area contributed by atoms with Crippen LogP contribution >= 0.6 is 0 Å². The number of benzene rings is 2. The molecule has 6 rings (SSSR count). The highest BCUT2D eigenvalue weighted by Crippen LogP contribution is 2.49. The van der Waals surface area contributed by atoms with Gasteiger partial charge < -0.3 is 82.0 Å². The highest BCUT2D eigenvalue weighted by molar-refractivity contribution is 6.75. The van der Waals surface area contributed by atoms with Crippen LogP contribution in [0.1, 0.15) is 159 Å². The zero-order chi connectivity index (χ0) is 77.5. The van der Waals surface area contributed by atoms with Gasteiger partial charge in [0.25, 0.3) is 0 Å². The van der Waals surface area contributed by atoms with Crippen LogP contribution in [0.5, 0.6) is 34.5 Å². The molecule has 2 aromatic carbocycles. The molecule has 0 bridgehead atoms. The van der Waals surface area contributed by atoms with Gasteiger partial charge in [0.15, 0.2) is 67.7 Å². The predicted molar refractivity (Wildman–Crippen MR) is 411 cm³/mol. The number of aliphatic hydroxyl groups excluding tert-OH is 1. The summed E-state index contributed by atoms with van der Waals surface area (Å²) in [6, 6.07) is 0.464. The van der Waals surface area contributed by atoms with E-state index in [-0.39, 0.29) is 82.6 Å². The minimum atomic E-state index is -2.31. The van der Waals surface area contributed by atoms with Crippen molar-refractivity contribution >= 4 is 62.7 Å². The van der Waals surface area contributed by atoms with Gasteiger partial charge >= 0.3 is 0 Å². The standard InChI is InChI=1S/C38H68N2O9Si2.C38H66N2O9Si2/c2*1-24(2)18-28(33(41)38(22-47-38)23-49-51(14,15)37(6,7)8)39-35(43)29(21-48-50(12,13)36(3,4)5)40-34(42)26-17-16-25-20-30(44-9)32(46-11)31(45-10)27(25)19-26/h20,24,26,28-29,33,41H,16-19,21-23H2,1-15H3,(H,39,43)(H,40,42);20,24,26,28-29H,16-19,21-23H2,1-15H3,(H,39,43)(H,40,42)/t26?,28?,29-,33-,38-;26?,28?,29-,38-/m00/s1. The zero-order valence-electron chi connectivity index (χ0n) is 68.1. The molecule has 0 spiro atoms. The van der Waals surface area contributed by atoms with Crippen LogP contribution in [0.4, 0.5) is 0 Å². The number of ether oxygens (including phenoxy) is 8. The fourth-order valence-electron chi connectivity index (χ4n) is 11.8. The zero-order valence-corrected chi connectivity index (χ0v) is 72.1. The van der Waals surface area contributed by atoms with Gasteiger partial charge in [-0.15, -0.1) is 0 Å². The number of carbonyl (C=O) groups excluding carboxylic acids is 5. The quantitative estimate of drug-likeness (QED) is 0.0322. The molecule has 26 heteroatoms. The molecule has 2 aliphatic carbocycles. The lowest BCUT2D eigenvalue weighted by Crippen LogP contribution is -2.59. The SMILES string of the molecule is COc1cc2c(c(OC)c1OC)CC(C(=O)N[C@@H](CO[Si](C)(C)C(C)(C)C)C(=O)NC(CC(C)C)C(=O)[C@@]1(CO[Si](C)(C)C(C)(C)C)CO1)CC2.COc1cc2c(c(OC)c1OC)CC(C(=O)N[C@@H](CO[Si](C)(C)C(C)(C)C)C(=O)NC(CC(C)C)[C@H](O)[C@@]1(CO[Si](C)(C)C(C)(C)C)CO1)CC2. The van der Waals surface area contributed by atoms with Gasteiger partial charge in [0, 0.05) is 23.0 Å². The first-order chi connectivity index (χ1) is 46.9. The number of hydrogen-bond donors (Lipinski definition) is 5. The Kier molecular flexibility index (Phi) is 29.8. The Labute approximate surface area is 616 Å². The number of rotatable bonds is 34. The van der Waals surface area contributed by atoms with Crippen LogP contribution in [-0.4, -0.2) is 192 Å². The first-order valence-electron chi connectivity index (χ1n) is 36.8. The van der Waals surface area contributed by atoms with Crippen LogP contribution in [0.15, 0.2) is 12.1 Å². The first-order valence-corrected chi connectivity index (χ1v) is 48.4. The molecule has 582 valence electrons. The number of carbonyl (C=O) groups is 5. The fourth-order valence-corrected chi connectivity index (χ4v) is 15.9. The molecule has 2 fully saturated rings. The first kappa shape index (κ1) is 88.0. The Morgan fingerprint density at radius 3 is 1.17 bits per heavy atom. The molecule has 2 heterocycles. The van der Waals surface area contributed by atoms with Gasteiger partial charge in [-0.25, -0.2) is 0 Å². The van der Waals surface area contributed by atoms with Crippen molar-refractivity contribution < 1.29 is 84.7 Å². The van der Waals surface area contributed by atoms with E-state index in [2.05, 4.69) is 171 Å². The van der Waals surface area contributed by atoms with E-state index in [0.29, 0.717) is 92.5 Å². The van der Waals surface area contributed by atoms with Crippen molar-refractivity contribution in [2.24, 2.45) is 23.7 Å². The summed E-state index contributed by atoms with van der Waals surface area (Å²) >= 11 is 0. The Balaban J connectivity index is 0.000000367. The topological polar surface area (TPSA) is 271 Å². The number of fused-ring (bicyclic) bond motifs is 2. The highest BCUT2D eigenvalue weighted by Gasteiger charge is 2.58. The molecular weight excluding hydrogens is 1370 g/mol. The van der Waals surface area contributed by atoms with Crippen LogP contribution in [0.2, 0.25) is 72.5 Å². The molecule has 4 aliphatic rings. The van der Waals surface area contributed by atoms with E-state index in [1.165, 1.54) is 0 Å². The van der Waals surface area contributed by atoms with Crippen LogP contribution in [0, 0.1) is 23.7 Å². The van der Waals surface area contributed by atoms with E-state index in [1.54, 1.807) is 42.7 Å². The monoisotopic (exact) mass is 1500 g/mol. The summed E-state index contributed by atoms with van der Waals surface area (Å²) in [4.78, 5) is 70.7. The van der Waals surface area contributed by atoms with Crippen molar-refractivity contribution in [2.45, 2.75) is 276 Å². The third-order valence-corrected chi connectivity index (χ3v) is 41.0.